The monoisotopic (exact) mass is 364 g/mol. The van der Waals surface area contributed by atoms with E-state index in [-0.39, 0.29) is 5.78 Å². The molecule has 0 heterocycles. The number of benzene rings is 2. The summed E-state index contributed by atoms with van der Waals surface area (Å²) >= 11 is 0. The Balaban J connectivity index is 2.03. The highest BCUT2D eigenvalue weighted by Gasteiger charge is 2.29. The quantitative estimate of drug-likeness (QED) is 0.607. The summed E-state index contributed by atoms with van der Waals surface area (Å²) in [4.78, 5) is 22.8. The van der Waals surface area contributed by atoms with Crippen molar-refractivity contribution in [1.82, 2.24) is 0 Å². The van der Waals surface area contributed by atoms with Gasteiger partial charge in [-0.2, -0.15) is 13.2 Å². The van der Waals surface area contributed by atoms with Crippen LogP contribution in [0.1, 0.15) is 28.4 Å². The number of hydrogen-bond donors (Lipinski definition) is 1. The Morgan fingerprint density at radius 1 is 1.04 bits per heavy atom. The van der Waals surface area contributed by atoms with Crippen LogP contribution in [0.25, 0.3) is 6.08 Å². The van der Waals surface area contributed by atoms with Crippen molar-refractivity contribution in [1.29, 1.82) is 0 Å². The standard InChI is InChI=1S/C19H15F3O4/c1-12(18(24)25)26-16-9-5-14(6-10-16)17(23)11-4-13-2-7-15(8-3-13)19(20,21)22/h2-12H,1H3,(H,24,25)/b11-4+. The molecule has 1 N–H and O–H groups in total. The number of hydrogen-bond acceptors (Lipinski definition) is 3. The van der Waals surface area contributed by atoms with Crippen LogP contribution in [-0.2, 0) is 11.0 Å². The fourth-order valence-corrected chi connectivity index (χ4v) is 2.00. The summed E-state index contributed by atoms with van der Waals surface area (Å²) in [6.07, 6.45) is -2.76. The van der Waals surface area contributed by atoms with Crippen LogP contribution in [-0.4, -0.2) is 23.0 Å². The van der Waals surface area contributed by atoms with Crippen molar-refractivity contribution in [2.75, 3.05) is 0 Å². The number of carbonyl (C=O) groups excluding carboxylic acids is 1. The van der Waals surface area contributed by atoms with Crippen LogP contribution in [0.5, 0.6) is 5.75 Å². The zero-order valence-electron chi connectivity index (χ0n) is 13.7. The highest BCUT2D eigenvalue weighted by molar-refractivity contribution is 6.06. The first-order valence-electron chi connectivity index (χ1n) is 7.56. The number of allylic oxidation sites excluding steroid dienone is 1. The molecule has 2 aromatic rings. The van der Waals surface area contributed by atoms with Crippen LogP contribution in [0, 0.1) is 0 Å². The molecule has 0 spiro atoms. The normalized spacial score (nSPS) is 12.8. The molecule has 136 valence electrons. The summed E-state index contributed by atoms with van der Waals surface area (Å²) in [7, 11) is 0. The molecule has 1 unspecified atom stereocenters. The van der Waals surface area contributed by atoms with E-state index in [1.807, 2.05) is 0 Å². The number of ketones is 1. The van der Waals surface area contributed by atoms with Crippen LogP contribution < -0.4 is 4.74 Å². The number of carboxylic acid groups (broad SMARTS) is 1. The Morgan fingerprint density at radius 3 is 2.12 bits per heavy atom. The maximum absolute atomic E-state index is 12.5. The Bertz CT molecular complexity index is 806. The SMILES string of the molecule is CC(Oc1ccc(C(=O)/C=C/c2ccc(C(F)(F)F)cc2)cc1)C(=O)O. The van der Waals surface area contributed by atoms with Crippen molar-refractivity contribution < 1.29 is 32.6 Å². The van der Waals surface area contributed by atoms with E-state index in [2.05, 4.69) is 0 Å². The molecular formula is C19H15F3O4. The molecule has 2 aromatic carbocycles. The molecule has 0 aliphatic rings. The average Bonchev–Trinajstić information content (AvgIpc) is 2.59. The first-order valence-corrected chi connectivity index (χ1v) is 7.56. The van der Waals surface area contributed by atoms with Gasteiger partial charge in [-0.1, -0.05) is 18.2 Å². The molecule has 7 heteroatoms. The second kappa shape index (κ2) is 7.86. The van der Waals surface area contributed by atoms with Crippen LogP contribution >= 0.6 is 0 Å². The lowest BCUT2D eigenvalue weighted by molar-refractivity contribution is -0.144. The van der Waals surface area contributed by atoms with Crippen molar-refractivity contribution in [3.63, 3.8) is 0 Å². The predicted molar refractivity (Wildman–Crippen MR) is 89.0 cm³/mol. The fraction of sp³-hybridized carbons (Fsp3) is 0.158. The van der Waals surface area contributed by atoms with Crippen molar-refractivity contribution in [2.45, 2.75) is 19.2 Å². The third-order valence-electron chi connectivity index (χ3n) is 3.46. The van der Waals surface area contributed by atoms with Crippen LogP contribution in [0.2, 0.25) is 0 Å². The van der Waals surface area contributed by atoms with Gasteiger partial charge in [0, 0.05) is 5.56 Å². The predicted octanol–water partition coefficient (Wildman–Crippen LogP) is 4.45. The van der Waals surface area contributed by atoms with Gasteiger partial charge < -0.3 is 9.84 Å². The lowest BCUT2D eigenvalue weighted by Gasteiger charge is -2.10. The first kappa shape index (κ1) is 19.2. The van der Waals surface area contributed by atoms with Gasteiger partial charge in [-0.25, -0.2) is 4.79 Å². The van der Waals surface area contributed by atoms with Crippen LogP contribution in [0.15, 0.2) is 54.6 Å². The lowest BCUT2D eigenvalue weighted by Crippen LogP contribution is -2.22. The molecule has 26 heavy (non-hydrogen) atoms. The van der Waals surface area contributed by atoms with Gasteiger partial charge in [0.05, 0.1) is 5.56 Å². The van der Waals surface area contributed by atoms with E-state index in [0.717, 1.165) is 12.1 Å². The molecule has 2 rings (SSSR count). The molecule has 0 saturated carbocycles. The Labute approximate surface area is 147 Å². The highest BCUT2D eigenvalue weighted by Crippen LogP contribution is 2.29. The van der Waals surface area contributed by atoms with Crippen LogP contribution in [0.4, 0.5) is 13.2 Å². The van der Waals surface area contributed by atoms with E-state index in [1.165, 1.54) is 55.5 Å². The Hall–Kier alpha value is -3.09. The molecule has 0 radical (unpaired) electrons. The van der Waals surface area contributed by atoms with Gasteiger partial charge in [-0.05, 0) is 55.0 Å². The van der Waals surface area contributed by atoms with E-state index >= 15 is 0 Å². The maximum atomic E-state index is 12.5. The van der Waals surface area contributed by atoms with E-state index in [0.29, 0.717) is 16.9 Å². The number of carboxylic acids is 1. The molecule has 0 aliphatic heterocycles. The third kappa shape index (κ3) is 5.20. The Kier molecular flexibility index (Phi) is 5.82. The maximum Gasteiger partial charge on any atom is 0.416 e. The number of alkyl halides is 3. The minimum atomic E-state index is -4.40. The molecule has 0 fully saturated rings. The molecule has 0 amide bonds. The van der Waals surface area contributed by atoms with Crippen molar-refractivity contribution in [2.24, 2.45) is 0 Å². The van der Waals surface area contributed by atoms with Gasteiger partial charge >= 0.3 is 12.1 Å². The van der Waals surface area contributed by atoms with E-state index in [1.54, 1.807) is 0 Å². The minimum Gasteiger partial charge on any atom is -0.479 e. The summed E-state index contributed by atoms with van der Waals surface area (Å²) in [5.74, 6) is -1.14. The molecule has 0 aliphatic carbocycles. The molecule has 4 nitrogen and oxygen atoms in total. The third-order valence-corrected chi connectivity index (χ3v) is 3.46. The lowest BCUT2D eigenvalue weighted by atomic mass is 10.1. The smallest absolute Gasteiger partial charge is 0.416 e. The van der Waals surface area contributed by atoms with Crippen molar-refractivity contribution in [3.05, 3.63) is 71.3 Å². The number of halogens is 3. The van der Waals surface area contributed by atoms with Gasteiger partial charge in [0.25, 0.3) is 0 Å². The second-order valence-electron chi connectivity index (χ2n) is 5.44. The van der Waals surface area contributed by atoms with E-state index < -0.39 is 23.8 Å². The zero-order valence-corrected chi connectivity index (χ0v) is 13.7. The zero-order chi connectivity index (χ0) is 19.3. The van der Waals surface area contributed by atoms with Crippen molar-refractivity contribution in [3.8, 4) is 5.75 Å². The average molecular weight is 364 g/mol. The summed E-state index contributed by atoms with van der Waals surface area (Å²) in [6.45, 7) is 1.38. The summed E-state index contributed by atoms with van der Waals surface area (Å²) in [5.41, 5.74) is 0.0391. The number of carbonyl (C=O) groups is 2. The first-order chi connectivity index (χ1) is 12.2. The van der Waals surface area contributed by atoms with Gasteiger partial charge in [-0.15, -0.1) is 0 Å². The van der Waals surface area contributed by atoms with Gasteiger partial charge in [0.1, 0.15) is 5.75 Å². The largest absolute Gasteiger partial charge is 0.479 e. The summed E-state index contributed by atoms with van der Waals surface area (Å²) in [5, 5.41) is 8.78. The summed E-state index contributed by atoms with van der Waals surface area (Å²) in [6, 6.07) is 10.3. The molecule has 1 atom stereocenters. The van der Waals surface area contributed by atoms with Crippen molar-refractivity contribution >= 4 is 17.8 Å². The van der Waals surface area contributed by atoms with E-state index in [4.69, 9.17) is 9.84 Å². The van der Waals surface area contributed by atoms with Gasteiger partial charge in [0.2, 0.25) is 0 Å². The number of rotatable bonds is 6. The summed E-state index contributed by atoms with van der Waals surface area (Å²) < 4.78 is 42.6. The number of aliphatic carboxylic acids is 1. The van der Waals surface area contributed by atoms with Gasteiger partial charge in [0.15, 0.2) is 11.9 Å². The number of ether oxygens (including phenoxy) is 1. The topological polar surface area (TPSA) is 63.6 Å². The highest BCUT2D eigenvalue weighted by atomic mass is 19.4. The Morgan fingerprint density at radius 2 is 1.62 bits per heavy atom. The van der Waals surface area contributed by atoms with Crippen LogP contribution in [0.3, 0.4) is 0 Å². The second-order valence-corrected chi connectivity index (χ2v) is 5.44. The molecule has 0 aromatic heterocycles. The molecule has 0 saturated heterocycles. The molecule has 0 bridgehead atoms. The minimum absolute atomic E-state index is 0.308. The molecular weight excluding hydrogens is 349 g/mol. The van der Waals surface area contributed by atoms with Gasteiger partial charge in [-0.3, -0.25) is 4.79 Å². The van der Waals surface area contributed by atoms with E-state index in [9.17, 15) is 22.8 Å². The fourth-order valence-electron chi connectivity index (χ4n) is 2.00.